The maximum absolute atomic E-state index is 10.5. The van der Waals surface area contributed by atoms with E-state index in [1.807, 2.05) is 0 Å². The van der Waals surface area contributed by atoms with E-state index in [1.165, 1.54) is 12.8 Å². The van der Waals surface area contributed by atoms with E-state index in [2.05, 4.69) is 6.07 Å². The molecule has 2 heteroatoms. The zero-order chi connectivity index (χ0) is 8.10. The number of hydrogen-bond donors (Lipinski definition) is 0. The Morgan fingerprint density at radius 3 is 2.64 bits per heavy atom. The van der Waals surface area contributed by atoms with Crippen LogP contribution in [0.4, 0.5) is 0 Å². The lowest BCUT2D eigenvalue weighted by atomic mass is 9.90. The van der Waals surface area contributed by atoms with Gasteiger partial charge in [0.1, 0.15) is 6.29 Å². The summed E-state index contributed by atoms with van der Waals surface area (Å²) in [7, 11) is 0. The minimum Gasteiger partial charge on any atom is -0.303 e. The molecule has 0 aromatic heterocycles. The van der Waals surface area contributed by atoms with Crippen LogP contribution in [0.2, 0.25) is 0 Å². The van der Waals surface area contributed by atoms with Crippen molar-refractivity contribution >= 4 is 6.29 Å². The van der Waals surface area contributed by atoms with Crippen molar-refractivity contribution < 1.29 is 4.79 Å². The monoisotopic (exact) mass is 151 g/mol. The van der Waals surface area contributed by atoms with Gasteiger partial charge in [-0.05, 0) is 18.8 Å². The highest BCUT2D eigenvalue weighted by molar-refractivity contribution is 5.54. The smallest absolute Gasteiger partial charge is 0.124 e. The number of nitrogens with zero attached hydrogens (tertiary/aromatic N) is 1. The summed E-state index contributed by atoms with van der Waals surface area (Å²) in [6, 6.07) is 2.06. The van der Waals surface area contributed by atoms with Crippen LogP contribution in [0.3, 0.4) is 0 Å². The van der Waals surface area contributed by atoms with Crippen LogP contribution in [0.5, 0.6) is 0 Å². The molecule has 0 heterocycles. The number of nitriles is 1. The number of rotatable bonds is 3. The Hall–Kier alpha value is -0.840. The van der Waals surface area contributed by atoms with Gasteiger partial charge in [0.15, 0.2) is 0 Å². The van der Waals surface area contributed by atoms with Crippen molar-refractivity contribution in [2.24, 2.45) is 11.8 Å². The summed E-state index contributed by atoms with van der Waals surface area (Å²) in [5.74, 6) is 0.523. The maximum Gasteiger partial charge on any atom is 0.124 e. The van der Waals surface area contributed by atoms with Gasteiger partial charge >= 0.3 is 0 Å². The minimum atomic E-state index is 0.0162. The molecule has 11 heavy (non-hydrogen) atoms. The predicted molar refractivity (Wildman–Crippen MR) is 41.7 cm³/mol. The molecule has 0 aliphatic heterocycles. The summed E-state index contributed by atoms with van der Waals surface area (Å²) in [5, 5.41) is 8.42. The molecule has 0 bridgehead atoms. The van der Waals surface area contributed by atoms with Crippen LogP contribution < -0.4 is 0 Å². The fourth-order valence-electron chi connectivity index (χ4n) is 1.82. The van der Waals surface area contributed by atoms with E-state index in [1.54, 1.807) is 0 Å². The SMILES string of the molecule is N#CCC(C=O)C1CCCC1. The van der Waals surface area contributed by atoms with Crippen molar-refractivity contribution in [3.05, 3.63) is 0 Å². The fourth-order valence-corrected chi connectivity index (χ4v) is 1.82. The van der Waals surface area contributed by atoms with Gasteiger partial charge in [-0.1, -0.05) is 12.8 Å². The van der Waals surface area contributed by atoms with Gasteiger partial charge < -0.3 is 4.79 Å². The van der Waals surface area contributed by atoms with Crippen LogP contribution in [0.25, 0.3) is 0 Å². The zero-order valence-electron chi connectivity index (χ0n) is 6.62. The highest BCUT2D eigenvalue weighted by atomic mass is 16.1. The second kappa shape index (κ2) is 4.12. The Morgan fingerprint density at radius 2 is 2.18 bits per heavy atom. The molecule has 60 valence electrons. The standard InChI is InChI=1S/C9H13NO/c10-6-5-9(7-11)8-3-1-2-4-8/h7-9H,1-5H2. The van der Waals surface area contributed by atoms with Gasteiger partial charge in [-0.15, -0.1) is 0 Å². The Labute approximate surface area is 67.2 Å². The molecule has 1 atom stereocenters. The third kappa shape index (κ3) is 2.04. The molecule has 0 radical (unpaired) electrons. The summed E-state index contributed by atoms with van der Waals surface area (Å²) >= 11 is 0. The zero-order valence-corrected chi connectivity index (χ0v) is 6.62. The molecule has 1 unspecified atom stereocenters. The number of carbonyl (C=O) groups excluding carboxylic acids is 1. The van der Waals surface area contributed by atoms with Crippen molar-refractivity contribution in [3.63, 3.8) is 0 Å². The molecule has 0 spiro atoms. The minimum absolute atomic E-state index is 0.0162. The van der Waals surface area contributed by atoms with Crippen LogP contribution >= 0.6 is 0 Å². The molecular weight excluding hydrogens is 138 g/mol. The Balaban J connectivity index is 2.41. The van der Waals surface area contributed by atoms with Crippen LogP contribution in [0.15, 0.2) is 0 Å². The van der Waals surface area contributed by atoms with E-state index in [0.29, 0.717) is 12.3 Å². The van der Waals surface area contributed by atoms with Crippen LogP contribution in [0, 0.1) is 23.2 Å². The molecule has 0 aromatic rings. The first-order valence-electron chi connectivity index (χ1n) is 4.20. The first-order valence-corrected chi connectivity index (χ1v) is 4.20. The first-order chi connectivity index (χ1) is 5.38. The molecule has 0 amide bonds. The van der Waals surface area contributed by atoms with Gasteiger partial charge in [0, 0.05) is 12.3 Å². The lowest BCUT2D eigenvalue weighted by molar-refractivity contribution is -0.112. The topological polar surface area (TPSA) is 40.9 Å². The van der Waals surface area contributed by atoms with E-state index in [4.69, 9.17) is 5.26 Å². The Bertz CT molecular complexity index is 165. The number of aldehydes is 1. The van der Waals surface area contributed by atoms with E-state index in [0.717, 1.165) is 19.1 Å². The molecule has 1 aliphatic carbocycles. The van der Waals surface area contributed by atoms with Gasteiger partial charge in [0.2, 0.25) is 0 Å². The number of carbonyl (C=O) groups is 1. The van der Waals surface area contributed by atoms with Gasteiger partial charge in [-0.25, -0.2) is 0 Å². The van der Waals surface area contributed by atoms with E-state index in [-0.39, 0.29) is 5.92 Å². The summed E-state index contributed by atoms with van der Waals surface area (Å²) in [6.07, 6.45) is 6.13. The largest absolute Gasteiger partial charge is 0.303 e. The Morgan fingerprint density at radius 1 is 1.55 bits per heavy atom. The van der Waals surface area contributed by atoms with Gasteiger partial charge in [-0.2, -0.15) is 5.26 Å². The lowest BCUT2D eigenvalue weighted by Gasteiger charge is -2.12. The van der Waals surface area contributed by atoms with Crippen molar-refractivity contribution in [1.82, 2.24) is 0 Å². The summed E-state index contributed by atoms with van der Waals surface area (Å²) in [4.78, 5) is 10.5. The van der Waals surface area contributed by atoms with Crippen LogP contribution in [-0.2, 0) is 4.79 Å². The second-order valence-electron chi connectivity index (χ2n) is 3.21. The van der Waals surface area contributed by atoms with Gasteiger partial charge in [-0.3, -0.25) is 0 Å². The number of hydrogen-bond acceptors (Lipinski definition) is 2. The maximum atomic E-state index is 10.5. The summed E-state index contributed by atoms with van der Waals surface area (Å²) < 4.78 is 0. The third-order valence-electron chi connectivity index (χ3n) is 2.51. The molecular formula is C9H13NO. The lowest BCUT2D eigenvalue weighted by Crippen LogP contribution is -2.12. The van der Waals surface area contributed by atoms with Gasteiger partial charge in [0.05, 0.1) is 6.07 Å². The summed E-state index contributed by atoms with van der Waals surface area (Å²) in [5.41, 5.74) is 0. The van der Waals surface area contributed by atoms with Crippen molar-refractivity contribution in [2.75, 3.05) is 0 Å². The normalized spacial score (nSPS) is 21.0. The molecule has 1 fully saturated rings. The highest BCUT2D eigenvalue weighted by Crippen LogP contribution is 2.31. The van der Waals surface area contributed by atoms with Gasteiger partial charge in [0.25, 0.3) is 0 Å². The van der Waals surface area contributed by atoms with Crippen LogP contribution in [-0.4, -0.2) is 6.29 Å². The summed E-state index contributed by atoms with van der Waals surface area (Å²) in [6.45, 7) is 0. The Kier molecular flexibility index (Phi) is 3.10. The molecule has 0 N–H and O–H groups in total. The average molecular weight is 151 g/mol. The average Bonchev–Trinajstić information content (AvgIpc) is 2.52. The van der Waals surface area contributed by atoms with E-state index < -0.39 is 0 Å². The van der Waals surface area contributed by atoms with Crippen LogP contribution in [0.1, 0.15) is 32.1 Å². The molecule has 1 aliphatic rings. The van der Waals surface area contributed by atoms with Crippen molar-refractivity contribution in [2.45, 2.75) is 32.1 Å². The molecule has 1 rings (SSSR count). The molecule has 1 saturated carbocycles. The highest BCUT2D eigenvalue weighted by Gasteiger charge is 2.23. The van der Waals surface area contributed by atoms with E-state index >= 15 is 0 Å². The molecule has 0 aromatic carbocycles. The van der Waals surface area contributed by atoms with Crippen molar-refractivity contribution in [1.29, 1.82) is 5.26 Å². The third-order valence-corrected chi connectivity index (χ3v) is 2.51. The molecule has 2 nitrogen and oxygen atoms in total. The first kappa shape index (κ1) is 8.26. The second-order valence-corrected chi connectivity index (χ2v) is 3.21. The fraction of sp³-hybridized carbons (Fsp3) is 0.778. The quantitative estimate of drug-likeness (QED) is 0.578. The van der Waals surface area contributed by atoms with Crippen molar-refractivity contribution in [3.8, 4) is 6.07 Å². The predicted octanol–water partition coefficient (Wildman–Crippen LogP) is 1.91. The molecule has 0 saturated heterocycles. The van der Waals surface area contributed by atoms with E-state index in [9.17, 15) is 4.79 Å².